The summed E-state index contributed by atoms with van der Waals surface area (Å²) in [5.74, 6) is -0.124. The van der Waals surface area contributed by atoms with Crippen LogP contribution in [0.2, 0.25) is 0 Å². The number of piperidine rings is 1. The van der Waals surface area contributed by atoms with Crippen molar-refractivity contribution in [3.63, 3.8) is 0 Å². The number of carbonyl (C=O) groups excluding carboxylic acids is 2. The van der Waals surface area contributed by atoms with Crippen molar-refractivity contribution < 1.29 is 22.8 Å². The van der Waals surface area contributed by atoms with Crippen molar-refractivity contribution in [2.75, 3.05) is 13.1 Å². The molecule has 4 rings (SSSR count). The largest absolute Gasteiger partial charge is 0.417 e. The lowest BCUT2D eigenvalue weighted by Gasteiger charge is -2.35. The zero-order valence-corrected chi connectivity index (χ0v) is 18.6. The Bertz CT molecular complexity index is 1000. The maximum Gasteiger partial charge on any atom is 0.417 e. The zero-order valence-electron chi connectivity index (χ0n) is 18.6. The molecule has 33 heavy (non-hydrogen) atoms. The number of rotatable bonds is 4. The summed E-state index contributed by atoms with van der Waals surface area (Å²) < 4.78 is 40.9. The van der Waals surface area contributed by atoms with Gasteiger partial charge in [-0.15, -0.1) is 10.2 Å². The first-order valence-corrected chi connectivity index (χ1v) is 11.5. The number of amides is 3. The van der Waals surface area contributed by atoms with Gasteiger partial charge in [0.1, 0.15) is 5.82 Å². The van der Waals surface area contributed by atoms with Crippen molar-refractivity contribution in [3.05, 3.63) is 29.7 Å². The smallest absolute Gasteiger partial charge is 0.335 e. The van der Waals surface area contributed by atoms with Gasteiger partial charge in [0, 0.05) is 24.7 Å². The van der Waals surface area contributed by atoms with Crippen LogP contribution in [0.4, 0.5) is 18.0 Å². The van der Waals surface area contributed by atoms with E-state index >= 15 is 0 Å². The summed E-state index contributed by atoms with van der Waals surface area (Å²) in [6.07, 6.45) is 3.22. The van der Waals surface area contributed by atoms with Gasteiger partial charge in [0.15, 0.2) is 5.65 Å². The van der Waals surface area contributed by atoms with Crippen LogP contribution in [0.3, 0.4) is 0 Å². The van der Waals surface area contributed by atoms with Crippen molar-refractivity contribution in [1.29, 1.82) is 0 Å². The number of hydrogen-bond acceptors (Lipinski definition) is 5. The van der Waals surface area contributed by atoms with E-state index in [9.17, 15) is 22.8 Å². The normalized spacial score (nSPS) is 21.6. The van der Waals surface area contributed by atoms with E-state index in [-0.39, 0.29) is 12.0 Å². The Labute approximate surface area is 189 Å². The first-order chi connectivity index (χ1) is 15.7. The quantitative estimate of drug-likeness (QED) is 0.720. The van der Waals surface area contributed by atoms with E-state index in [0.29, 0.717) is 24.6 Å². The molecule has 1 aliphatic heterocycles. The fraction of sp³-hybridized carbons (Fsp3) is 0.636. The number of likely N-dealkylation sites (tertiary alicyclic amines) is 1. The van der Waals surface area contributed by atoms with Crippen LogP contribution in [0.25, 0.3) is 5.65 Å². The van der Waals surface area contributed by atoms with E-state index in [0.717, 1.165) is 50.8 Å². The van der Waals surface area contributed by atoms with Gasteiger partial charge in [0.05, 0.1) is 11.6 Å². The number of nitrogens with one attached hydrogen (secondary N) is 2. The summed E-state index contributed by atoms with van der Waals surface area (Å²) in [5, 5.41) is 13.5. The predicted octanol–water partition coefficient (Wildman–Crippen LogP) is 3.47. The van der Waals surface area contributed by atoms with E-state index in [1.54, 1.807) is 6.92 Å². The lowest BCUT2D eigenvalue weighted by Crippen LogP contribution is -2.53. The van der Waals surface area contributed by atoms with Crippen molar-refractivity contribution >= 4 is 17.6 Å². The van der Waals surface area contributed by atoms with Gasteiger partial charge in [0.2, 0.25) is 5.91 Å². The van der Waals surface area contributed by atoms with Crippen LogP contribution in [0.15, 0.2) is 18.3 Å². The molecule has 2 aliphatic rings. The highest BCUT2D eigenvalue weighted by molar-refractivity contribution is 5.96. The van der Waals surface area contributed by atoms with Crippen LogP contribution < -0.4 is 10.6 Å². The van der Waals surface area contributed by atoms with Crippen LogP contribution in [0, 0.1) is 0 Å². The average Bonchev–Trinajstić information content (AvgIpc) is 3.22. The third-order valence-corrected chi connectivity index (χ3v) is 6.68. The van der Waals surface area contributed by atoms with Gasteiger partial charge in [-0.2, -0.15) is 13.2 Å². The van der Waals surface area contributed by atoms with Crippen molar-refractivity contribution in [2.24, 2.45) is 0 Å². The molecule has 0 bridgehead atoms. The number of halogens is 3. The van der Waals surface area contributed by atoms with Gasteiger partial charge >= 0.3 is 12.2 Å². The van der Waals surface area contributed by atoms with Gasteiger partial charge in [-0.1, -0.05) is 19.3 Å². The minimum atomic E-state index is -4.46. The van der Waals surface area contributed by atoms with E-state index in [1.165, 1.54) is 16.9 Å². The predicted molar refractivity (Wildman–Crippen MR) is 115 cm³/mol. The molecule has 1 aliphatic carbocycles. The molecule has 2 aromatic heterocycles. The summed E-state index contributed by atoms with van der Waals surface area (Å²) >= 11 is 0. The van der Waals surface area contributed by atoms with Gasteiger partial charge < -0.3 is 5.32 Å². The maximum absolute atomic E-state index is 13.2. The molecule has 0 radical (unpaired) electrons. The van der Waals surface area contributed by atoms with Crippen LogP contribution in [0.5, 0.6) is 0 Å². The molecule has 1 saturated carbocycles. The SMILES string of the molecule is C[C@H](C(=O)NC(=O)NC1CCCCC1)N1CCC[C@@H](c2nnc3ccc(C(F)(F)F)cn23)C1. The summed E-state index contributed by atoms with van der Waals surface area (Å²) in [4.78, 5) is 26.9. The Morgan fingerprint density at radius 3 is 2.58 bits per heavy atom. The minimum Gasteiger partial charge on any atom is -0.335 e. The van der Waals surface area contributed by atoms with E-state index in [4.69, 9.17) is 0 Å². The number of aromatic nitrogens is 3. The summed E-state index contributed by atoms with van der Waals surface area (Å²) in [5.41, 5.74) is -0.416. The second-order valence-corrected chi connectivity index (χ2v) is 9.01. The van der Waals surface area contributed by atoms with Crippen LogP contribution in [-0.4, -0.2) is 56.6 Å². The number of alkyl halides is 3. The third-order valence-electron chi connectivity index (χ3n) is 6.68. The number of pyridine rings is 1. The van der Waals surface area contributed by atoms with Crippen molar-refractivity contribution in [1.82, 2.24) is 30.1 Å². The Kier molecular flexibility index (Phi) is 6.87. The molecule has 3 heterocycles. The second kappa shape index (κ2) is 9.66. The van der Waals surface area contributed by atoms with Crippen molar-refractivity contribution in [2.45, 2.75) is 76.0 Å². The topological polar surface area (TPSA) is 91.6 Å². The molecular formula is C22H29F3N6O2. The number of imide groups is 1. The first kappa shape index (κ1) is 23.5. The van der Waals surface area contributed by atoms with E-state index in [2.05, 4.69) is 20.8 Å². The molecule has 0 unspecified atom stereocenters. The molecule has 2 fully saturated rings. The van der Waals surface area contributed by atoms with Crippen LogP contribution in [-0.2, 0) is 11.0 Å². The van der Waals surface area contributed by atoms with Crippen LogP contribution in [0.1, 0.15) is 69.2 Å². The highest BCUT2D eigenvalue weighted by Gasteiger charge is 2.34. The Morgan fingerprint density at radius 2 is 1.85 bits per heavy atom. The van der Waals surface area contributed by atoms with Crippen molar-refractivity contribution in [3.8, 4) is 0 Å². The number of fused-ring (bicyclic) bond motifs is 1. The van der Waals surface area contributed by atoms with E-state index < -0.39 is 29.7 Å². The van der Waals surface area contributed by atoms with Gasteiger partial charge in [0.25, 0.3) is 0 Å². The second-order valence-electron chi connectivity index (χ2n) is 9.01. The molecule has 2 aromatic rings. The average molecular weight is 467 g/mol. The minimum absolute atomic E-state index is 0.101. The molecule has 2 N–H and O–H groups in total. The molecule has 180 valence electrons. The summed E-state index contributed by atoms with van der Waals surface area (Å²) in [6, 6.07) is 1.36. The molecule has 0 aromatic carbocycles. The molecule has 2 atom stereocenters. The van der Waals surface area contributed by atoms with Gasteiger partial charge in [-0.05, 0) is 51.3 Å². The highest BCUT2D eigenvalue weighted by atomic mass is 19.4. The lowest BCUT2D eigenvalue weighted by molar-refractivity contribution is -0.137. The first-order valence-electron chi connectivity index (χ1n) is 11.5. The number of hydrogen-bond donors (Lipinski definition) is 2. The third kappa shape index (κ3) is 5.45. The highest BCUT2D eigenvalue weighted by Crippen LogP contribution is 2.31. The molecule has 0 spiro atoms. The summed E-state index contributed by atoms with van der Waals surface area (Å²) in [6.45, 7) is 2.82. The van der Waals surface area contributed by atoms with Crippen LogP contribution >= 0.6 is 0 Å². The number of nitrogens with zero attached hydrogens (tertiary/aromatic N) is 4. The van der Waals surface area contributed by atoms with E-state index in [1.807, 2.05) is 4.90 Å². The maximum atomic E-state index is 13.2. The fourth-order valence-corrected chi connectivity index (χ4v) is 4.77. The molecular weight excluding hydrogens is 437 g/mol. The molecule has 8 nitrogen and oxygen atoms in total. The van der Waals surface area contributed by atoms with Gasteiger partial charge in [-0.3, -0.25) is 19.4 Å². The Morgan fingerprint density at radius 1 is 1.09 bits per heavy atom. The Hall–Kier alpha value is -2.69. The molecule has 3 amide bonds. The molecule has 11 heteroatoms. The lowest BCUT2D eigenvalue weighted by atomic mass is 9.95. The number of carbonyl (C=O) groups is 2. The zero-order chi connectivity index (χ0) is 23.6. The fourth-order valence-electron chi connectivity index (χ4n) is 4.77. The molecule has 1 saturated heterocycles. The standard InChI is InChI=1S/C22H29F3N6O2/c1-14(20(32)27-21(33)26-17-7-3-2-4-8-17)30-11-5-6-15(12-30)19-29-28-18-10-9-16(13-31(18)19)22(23,24)25/h9-10,13-15,17H,2-8,11-12H2,1H3,(H2,26,27,32,33)/t14-,15-/m1/s1. The Balaban J connectivity index is 1.40. The number of urea groups is 1. The monoisotopic (exact) mass is 466 g/mol. The summed E-state index contributed by atoms with van der Waals surface area (Å²) in [7, 11) is 0. The van der Waals surface area contributed by atoms with Gasteiger partial charge in [-0.25, -0.2) is 4.79 Å².